The summed E-state index contributed by atoms with van der Waals surface area (Å²) in [5, 5.41) is 3.13. The van der Waals surface area contributed by atoms with Gasteiger partial charge in [0.25, 0.3) is 5.91 Å². The predicted molar refractivity (Wildman–Crippen MR) is 117 cm³/mol. The van der Waals surface area contributed by atoms with Gasteiger partial charge in [-0.1, -0.05) is 30.3 Å². The summed E-state index contributed by atoms with van der Waals surface area (Å²) in [4.78, 5) is 15.4. The molecule has 0 unspecified atom stereocenters. The van der Waals surface area contributed by atoms with Gasteiger partial charge in [-0.15, -0.1) is 0 Å². The summed E-state index contributed by atoms with van der Waals surface area (Å²) in [5.74, 6) is 1.69. The van der Waals surface area contributed by atoms with E-state index in [0.717, 1.165) is 49.8 Å². The minimum atomic E-state index is 0.0399. The number of carbonyl (C=O) groups is 1. The van der Waals surface area contributed by atoms with Crippen molar-refractivity contribution in [3.63, 3.8) is 0 Å². The van der Waals surface area contributed by atoms with Crippen molar-refractivity contribution in [3.8, 4) is 11.5 Å². The lowest BCUT2D eigenvalue weighted by Crippen LogP contribution is -3.28. The van der Waals surface area contributed by atoms with E-state index < -0.39 is 0 Å². The minimum Gasteiger partial charge on any atom is -0.493 e. The molecule has 1 amide bonds. The monoisotopic (exact) mass is 413 g/mol. The van der Waals surface area contributed by atoms with Gasteiger partial charge < -0.3 is 24.6 Å². The fourth-order valence-electron chi connectivity index (χ4n) is 4.14. The molecule has 6 heteroatoms. The van der Waals surface area contributed by atoms with Gasteiger partial charge in [0.05, 0.1) is 20.3 Å². The van der Waals surface area contributed by atoms with Crippen LogP contribution in [0.4, 0.5) is 0 Å². The average Bonchev–Trinajstić information content (AvgIpc) is 2.76. The maximum Gasteiger partial charge on any atom is 0.275 e. The van der Waals surface area contributed by atoms with Crippen LogP contribution in [0, 0.1) is 6.92 Å². The minimum absolute atomic E-state index is 0.0399. The number of carbonyl (C=O) groups excluding carboxylic acids is 1. The third-order valence-corrected chi connectivity index (χ3v) is 6.03. The fourth-order valence-corrected chi connectivity index (χ4v) is 4.14. The van der Waals surface area contributed by atoms with E-state index in [1.165, 1.54) is 16.0 Å². The number of piperazine rings is 1. The van der Waals surface area contributed by atoms with E-state index in [2.05, 4.69) is 30.4 Å². The summed E-state index contributed by atoms with van der Waals surface area (Å²) in [6, 6.07) is 14.3. The molecule has 0 aromatic heterocycles. The molecule has 2 aromatic rings. The number of nitrogens with one attached hydrogen (secondary N) is 3. The third kappa shape index (κ3) is 5.74. The summed E-state index contributed by atoms with van der Waals surface area (Å²) >= 11 is 0. The Hall–Kier alpha value is -2.57. The highest BCUT2D eigenvalue weighted by Gasteiger charge is 2.26. The van der Waals surface area contributed by atoms with E-state index in [1.54, 1.807) is 19.1 Å². The molecule has 0 spiro atoms. The third-order valence-electron chi connectivity index (χ3n) is 6.03. The van der Waals surface area contributed by atoms with E-state index in [-0.39, 0.29) is 11.9 Å². The molecule has 30 heavy (non-hydrogen) atoms. The highest BCUT2D eigenvalue weighted by atomic mass is 16.5. The zero-order valence-electron chi connectivity index (χ0n) is 18.6. The van der Waals surface area contributed by atoms with E-state index in [4.69, 9.17) is 9.47 Å². The number of benzene rings is 2. The number of amides is 1. The molecule has 3 N–H and O–H groups in total. The van der Waals surface area contributed by atoms with Crippen LogP contribution >= 0.6 is 0 Å². The normalized spacial score (nSPS) is 19.7. The Morgan fingerprint density at radius 2 is 1.60 bits per heavy atom. The number of rotatable bonds is 8. The van der Waals surface area contributed by atoms with Crippen molar-refractivity contribution in [2.24, 2.45) is 0 Å². The number of hydrogen-bond acceptors (Lipinski definition) is 3. The van der Waals surface area contributed by atoms with Crippen LogP contribution in [0.25, 0.3) is 0 Å². The van der Waals surface area contributed by atoms with Crippen LogP contribution in [-0.2, 0) is 11.3 Å². The Balaban J connectivity index is 1.47. The Morgan fingerprint density at radius 1 is 1.00 bits per heavy atom. The molecule has 0 bridgehead atoms. The van der Waals surface area contributed by atoms with E-state index in [9.17, 15) is 4.79 Å². The van der Waals surface area contributed by atoms with Gasteiger partial charge in [0.2, 0.25) is 0 Å². The van der Waals surface area contributed by atoms with Crippen molar-refractivity contribution in [2.75, 3.05) is 46.9 Å². The van der Waals surface area contributed by atoms with Crippen LogP contribution in [-0.4, -0.2) is 52.9 Å². The topological polar surface area (TPSA) is 56.4 Å². The summed E-state index contributed by atoms with van der Waals surface area (Å²) < 4.78 is 10.9. The molecule has 1 atom stereocenters. The van der Waals surface area contributed by atoms with Crippen LogP contribution in [0.2, 0.25) is 0 Å². The van der Waals surface area contributed by atoms with Crippen molar-refractivity contribution in [2.45, 2.75) is 26.4 Å². The van der Waals surface area contributed by atoms with Crippen molar-refractivity contribution < 1.29 is 24.1 Å². The van der Waals surface area contributed by atoms with Crippen LogP contribution in [0.15, 0.2) is 42.5 Å². The fraction of sp³-hybridized carbons (Fsp3) is 0.458. The molecule has 0 saturated carbocycles. The lowest BCUT2D eigenvalue weighted by atomic mass is 10.1. The second-order valence-electron chi connectivity index (χ2n) is 8.19. The first kappa shape index (κ1) is 22.1. The number of quaternary nitrogens is 2. The van der Waals surface area contributed by atoms with Gasteiger partial charge in [-0.25, -0.2) is 0 Å². The molecule has 0 radical (unpaired) electrons. The molecular weight excluding hydrogens is 378 g/mol. The Labute approximate surface area is 179 Å². The first-order valence-electron chi connectivity index (χ1n) is 10.7. The predicted octanol–water partition coefficient (Wildman–Crippen LogP) is 0.173. The number of hydrogen-bond donors (Lipinski definition) is 3. The van der Waals surface area contributed by atoms with Crippen molar-refractivity contribution in [1.29, 1.82) is 0 Å². The number of aryl methyl sites for hydroxylation is 1. The molecule has 162 valence electrons. The molecule has 2 aromatic carbocycles. The quantitative estimate of drug-likeness (QED) is 0.579. The van der Waals surface area contributed by atoms with Gasteiger partial charge in [-0.05, 0) is 37.1 Å². The number of methoxy groups -OCH3 is 2. The average molecular weight is 414 g/mol. The standard InChI is InChI=1S/C24H33N3O3/c1-18-14-22(29-3)23(30-4)15-21(18)16-26-10-12-27(13-11-26)17-24(28)25-19(2)20-8-6-5-7-9-20/h5-9,14-15,19H,10-13,16-17H2,1-4H3,(H,25,28)/p+2/t19-/m1/s1. The molecule has 1 saturated heterocycles. The molecule has 3 rings (SSSR count). The van der Waals surface area contributed by atoms with Crippen molar-refractivity contribution in [1.82, 2.24) is 5.32 Å². The van der Waals surface area contributed by atoms with Gasteiger partial charge in [-0.3, -0.25) is 4.79 Å². The maximum atomic E-state index is 12.5. The first-order chi connectivity index (χ1) is 14.5. The largest absolute Gasteiger partial charge is 0.493 e. The Kier molecular flexibility index (Phi) is 7.71. The second kappa shape index (κ2) is 10.5. The molecule has 1 aliphatic rings. The summed E-state index contributed by atoms with van der Waals surface area (Å²) in [7, 11) is 3.34. The summed E-state index contributed by atoms with van der Waals surface area (Å²) in [5.41, 5.74) is 3.66. The van der Waals surface area contributed by atoms with Crippen LogP contribution in [0.5, 0.6) is 11.5 Å². The number of ether oxygens (including phenoxy) is 2. The lowest BCUT2D eigenvalue weighted by molar-refractivity contribution is -1.02. The van der Waals surface area contributed by atoms with E-state index in [0.29, 0.717) is 6.54 Å². The van der Waals surface area contributed by atoms with Crippen LogP contribution in [0.1, 0.15) is 29.7 Å². The van der Waals surface area contributed by atoms with E-state index >= 15 is 0 Å². The Morgan fingerprint density at radius 3 is 2.23 bits per heavy atom. The maximum absolute atomic E-state index is 12.5. The smallest absolute Gasteiger partial charge is 0.275 e. The highest BCUT2D eigenvalue weighted by molar-refractivity contribution is 5.77. The molecular formula is C24H35N3O3+2. The zero-order valence-corrected chi connectivity index (χ0v) is 18.6. The van der Waals surface area contributed by atoms with Gasteiger partial charge in [0, 0.05) is 5.56 Å². The summed E-state index contributed by atoms with van der Waals surface area (Å²) in [6.45, 7) is 9.81. The first-order valence-corrected chi connectivity index (χ1v) is 10.7. The molecule has 0 aliphatic carbocycles. The molecule has 1 aliphatic heterocycles. The van der Waals surface area contributed by atoms with Crippen molar-refractivity contribution in [3.05, 3.63) is 59.2 Å². The van der Waals surface area contributed by atoms with Gasteiger partial charge >= 0.3 is 0 Å². The highest BCUT2D eigenvalue weighted by Crippen LogP contribution is 2.29. The van der Waals surface area contributed by atoms with Crippen molar-refractivity contribution >= 4 is 5.91 Å². The van der Waals surface area contributed by atoms with Gasteiger partial charge in [0.15, 0.2) is 18.0 Å². The van der Waals surface area contributed by atoms with Gasteiger partial charge in [-0.2, -0.15) is 0 Å². The molecule has 1 fully saturated rings. The molecule has 6 nitrogen and oxygen atoms in total. The SMILES string of the molecule is COc1cc(C)c(C[NH+]2CC[NH+](CC(=O)N[C@H](C)c3ccccc3)CC2)cc1OC. The van der Waals surface area contributed by atoms with Gasteiger partial charge in [0.1, 0.15) is 32.7 Å². The van der Waals surface area contributed by atoms with Crippen LogP contribution < -0.4 is 24.6 Å². The summed E-state index contributed by atoms with van der Waals surface area (Å²) in [6.07, 6.45) is 0. The second-order valence-corrected chi connectivity index (χ2v) is 8.19. The lowest BCUT2D eigenvalue weighted by Gasteiger charge is -2.30. The zero-order chi connectivity index (χ0) is 21.5. The van der Waals surface area contributed by atoms with E-state index in [1.807, 2.05) is 31.2 Å². The van der Waals surface area contributed by atoms with Crippen LogP contribution in [0.3, 0.4) is 0 Å². The molecule has 1 heterocycles. The Bertz CT molecular complexity index is 833.